The molecule has 0 aliphatic heterocycles. The molecule has 0 aromatic rings. The zero-order valence-corrected chi connectivity index (χ0v) is 40.4. The van der Waals surface area contributed by atoms with E-state index in [0.717, 1.165) is 103 Å². The summed E-state index contributed by atoms with van der Waals surface area (Å²) in [4.78, 5) is 38.0. The first-order chi connectivity index (χ1) is 30.0. The number of esters is 3. The zero-order chi connectivity index (χ0) is 44.4. The normalized spacial score (nSPS) is 12.4. The van der Waals surface area contributed by atoms with Gasteiger partial charge in [0.05, 0.1) is 0 Å². The molecular weight excluding hydrogens is 757 g/mol. The molecule has 6 heteroatoms. The molecule has 1 unspecified atom stereocenters. The molecule has 0 spiro atoms. The first-order valence-corrected chi connectivity index (χ1v) is 26.1. The molecule has 1 atom stereocenters. The Kier molecular flexibility index (Phi) is 47.9. The fourth-order valence-corrected chi connectivity index (χ4v) is 7.31. The Morgan fingerprint density at radius 3 is 0.967 bits per heavy atom. The smallest absolute Gasteiger partial charge is 0.306 e. The van der Waals surface area contributed by atoms with Crippen molar-refractivity contribution in [3.8, 4) is 0 Å². The molecule has 0 saturated carbocycles. The fraction of sp³-hybridized carbons (Fsp3) is 0.800. The van der Waals surface area contributed by atoms with Crippen LogP contribution >= 0.6 is 0 Å². The maximum Gasteiger partial charge on any atom is 0.306 e. The predicted octanol–water partition coefficient (Wildman–Crippen LogP) is 17.1. The number of hydrogen-bond donors (Lipinski definition) is 0. The van der Waals surface area contributed by atoms with Gasteiger partial charge in [-0.05, 0) is 77.0 Å². The lowest BCUT2D eigenvalue weighted by atomic mass is 10.0. The maximum atomic E-state index is 12.8. The third-order valence-corrected chi connectivity index (χ3v) is 11.3. The van der Waals surface area contributed by atoms with Gasteiger partial charge >= 0.3 is 17.9 Å². The Morgan fingerprint density at radius 1 is 0.328 bits per heavy atom. The molecular formula is C55H98O6. The number of hydrogen-bond acceptors (Lipinski definition) is 6. The van der Waals surface area contributed by atoms with Crippen molar-refractivity contribution in [2.75, 3.05) is 13.2 Å². The van der Waals surface area contributed by atoms with Crippen molar-refractivity contribution in [3.05, 3.63) is 48.6 Å². The molecule has 6 nitrogen and oxygen atoms in total. The highest BCUT2D eigenvalue weighted by molar-refractivity contribution is 5.71. The lowest BCUT2D eigenvalue weighted by molar-refractivity contribution is -0.167. The minimum absolute atomic E-state index is 0.0812. The van der Waals surface area contributed by atoms with Gasteiger partial charge in [-0.3, -0.25) is 14.4 Å². The van der Waals surface area contributed by atoms with Gasteiger partial charge in [0, 0.05) is 19.3 Å². The summed E-state index contributed by atoms with van der Waals surface area (Å²) in [5.74, 6) is -0.902. The van der Waals surface area contributed by atoms with Crippen LogP contribution in [0.2, 0.25) is 0 Å². The molecule has 0 heterocycles. The van der Waals surface area contributed by atoms with Crippen LogP contribution in [0.4, 0.5) is 0 Å². The largest absolute Gasteiger partial charge is 0.462 e. The fourth-order valence-electron chi connectivity index (χ4n) is 7.31. The van der Waals surface area contributed by atoms with E-state index in [1.54, 1.807) is 0 Å². The van der Waals surface area contributed by atoms with Gasteiger partial charge in [0.15, 0.2) is 6.10 Å². The molecule has 0 amide bonds. The van der Waals surface area contributed by atoms with Crippen molar-refractivity contribution in [2.24, 2.45) is 0 Å². The molecule has 0 aliphatic carbocycles. The third-order valence-electron chi connectivity index (χ3n) is 11.3. The number of carbonyl (C=O) groups excluding carboxylic acids is 3. The summed E-state index contributed by atoms with van der Waals surface area (Å²) in [6.45, 7) is 6.57. The molecule has 354 valence electrons. The van der Waals surface area contributed by atoms with E-state index in [4.69, 9.17) is 14.2 Å². The van der Waals surface area contributed by atoms with Gasteiger partial charge in [0.25, 0.3) is 0 Å². The van der Waals surface area contributed by atoms with E-state index >= 15 is 0 Å². The average Bonchev–Trinajstić information content (AvgIpc) is 3.26. The Bertz CT molecular complexity index is 1070. The van der Waals surface area contributed by atoms with E-state index in [9.17, 15) is 14.4 Å². The number of allylic oxidation sites excluding steroid dienone is 8. The highest BCUT2D eigenvalue weighted by Gasteiger charge is 2.19. The number of ether oxygens (including phenoxy) is 3. The quantitative estimate of drug-likeness (QED) is 0.0263. The van der Waals surface area contributed by atoms with Crippen molar-refractivity contribution >= 4 is 17.9 Å². The molecule has 0 rings (SSSR count). The lowest BCUT2D eigenvalue weighted by Crippen LogP contribution is -2.30. The summed E-state index contributed by atoms with van der Waals surface area (Å²) >= 11 is 0. The molecule has 0 bridgehead atoms. The summed E-state index contributed by atoms with van der Waals surface area (Å²) in [6, 6.07) is 0. The second-order valence-corrected chi connectivity index (χ2v) is 17.4. The van der Waals surface area contributed by atoms with Crippen LogP contribution in [0.1, 0.15) is 265 Å². The van der Waals surface area contributed by atoms with E-state index in [2.05, 4.69) is 69.4 Å². The van der Waals surface area contributed by atoms with Gasteiger partial charge in [-0.1, -0.05) is 217 Å². The van der Waals surface area contributed by atoms with Crippen molar-refractivity contribution in [3.63, 3.8) is 0 Å². The molecule has 0 N–H and O–H groups in total. The molecule has 0 radical (unpaired) electrons. The van der Waals surface area contributed by atoms with Gasteiger partial charge in [-0.2, -0.15) is 0 Å². The van der Waals surface area contributed by atoms with Gasteiger partial charge in [-0.15, -0.1) is 0 Å². The van der Waals surface area contributed by atoms with E-state index in [-0.39, 0.29) is 31.1 Å². The van der Waals surface area contributed by atoms with Crippen molar-refractivity contribution < 1.29 is 28.6 Å². The van der Waals surface area contributed by atoms with Crippen LogP contribution in [-0.2, 0) is 28.6 Å². The maximum absolute atomic E-state index is 12.8. The Balaban J connectivity index is 4.40. The van der Waals surface area contributed by atoms with Gasteiger partial charge < -0.3 is 14.2 Å². The zero-order valence-electron chi connectivity index (χ0n) is 40.4. The number of rotatable bonds is 47. The van der Waals surface area contributed by atoms with Crippen LogP contribution in [-0.4, -0.2) is 37.2 Å². The van der Waals surface area contributed by atoms with Crippen LogP contribution in [0.15, 0.2) is 48.6 Å². The molecule has 0 aromatic heterocycles. The average molecular weight is 855 g/mol. The van der Waals surface area contributed by atoms with Crippen LogP contribution in [0.25, 0.3) is 0 Å². The summed E-state index contributed by atoms with van der Waals surface area (Å²) in [5, 5.41) is 0. The third kappa shape index (κ3) is 48.3. The molecule has 0 aromatic carbocycles. The summed E-state index contributed by atoms with van der Waals surface area (Å²) in [7, 11) is 0. The lowest BCUT2D eigenvalue weighted by Gasteiger charge is -2.18. The van der Waals surface area contributed by atoms with Crippen molar-refractivity contribution in [1.82, 2.24) is 0 Å². The summed E-state index contributed by atoms with van der Waals surface area (Å²) in [5.41, 5.74) is 0. The molecule has 0 aliphatic rings. The molecule has 0 fully saturated rings. The van der Waals surface area contributed by atoms with E-state index in [1.807, 2.05) is 0 Å². The Labute approximate surface area is 378 Å². The highest BCUT2D eigenvalue weighted by atomic mass is 16.6. The summed E-state index contributed by atoms with van der Waals surface area (Å²) < 4.78 is 16.8. The van der Waals surface area contributed by atoms with Gasteiger partial charge in [0.1, 0.15) is 13.2 Å². The van der Waals surface area contributed by atoms with Crippen molar-refractivity contribution in [2.45, 2.75) is 271 Å². The number of carbonyl (C=O) groups is 3. The highest BCUT2D eigenvalue weighted by Crippen LogP contribution is 2.15. The predicted molar refractivity (Wildman–Crippen MR) is 261 cm³/mol. The standard InChI is InChI=1S/C55H98O6/c1-4-7-10-13-16-19-22-25-27-28-31-33-36-39-42-45-48-54(57)60-51-52(50-59-53(56)47-44-41-38-35-32-29-24-21-18-15-12-9-6-3)61-55(58)49-46-43-40-37-34-30-26-23-20-17-14-11-8-5-2/h14,17,19,22-23,26-28,52H,4-13,15-16,18,20-21,24-25,29-51H2,1-3H3/b17-14-,22-19-,26-23-,28-27-. The van der Waals surface area contributed by atoms with E-state index in [0.29, 0.717) is 19.3 Å². The molecule has 0 saturated heterocycles. The van der Waals surface area contributed by atoms with Gasteiger partial charge in [-0.25, -0.2) is 0 Å². The minimum Gasteiger partial charge on any atom is -0.462 e. The van der Waals surface area contributed by atoms with Crippen LogP contribution in [0, 0.1) is 0 Å². The second-order valence-electron chi connectivity index (χ2n) is 17.4. The van der Waals surface area contributed by atoms with E-state index < -0.39 is 6.10 Å². The minimum atomic E-state index is -0.783. The van der Waals surface area contributed by atoms with Crippen LogP contribution < -0.4 is 0 Å². The second kappa shape index (κ2) is 50.0. The SMILES string of the molecule is CCCC/C=C\C/C=C\CCCCCCCC(=O)OC(COC(=O)CCCCCCC/C=C\C/C=C\CCCCCC)COC(=O)CCCCCCCCCCCCCCC. The monoisotopic (exact) mass is 855 g/mol. The number of unbranched alkanes of at least 4 members (excludes halogenated alkanes) is 28. The van der Waals surface area contributed by atoms with Crippen LogP contribution in [0.5, 0.6) is 0 Å². The topological polar surface area (TPSA) is 78.9 Å². The van der Waals surface area contributed by atoms with E-state index in [1.165, 1.54) is 122 Å². The molecule has 61 heavy (non-hydrogen) atoms. The Morgan fingerprint density at radius 2 is 0.607 bits per heavy atom. The first kappa shape index (κ1) is 58.4. The van der Waals surface area contributed by atoms with Gasteiger partial charge in [0.2, 0.25) is 0 Å². The van der Waals surface area contributed by atoms with Crippen molar-refractivity contribution in [1.29, 1.82) is 0 Å². The van der Waals surface area contributed by atoms with Crippen LogP contribution in [0.3, 0.4) is 0 Å². The Hall–Kier alpha value is -2.63. The summed E-state index contributed by atoms with van der Waals surface area (Å²) in [6.07, 6.45) is 59.4. The first-order valence-electron chi connectivity index (χ1n) is 26.1.